The average molecular weight is 374 g/mol. The van der Waals surface area contributed by atoms with Crippen LogP contribution in [0, 0.1) is 29.9 Å². The number of terminal acetylenes is 1. The fraction of sp³-hybridized carbons (Fsp3) is 0.474. The standard InChI is InChI=1S/C19H20F2N4O2/c1-2-3-7-19(23-24-19)8-9-22-18(27)13-10-17(26)25(11-13)12-14-15(20)5-4-6-16(14)21/h1,4-6,13H,3,7-12H2,(H,22,27). The summed E-state index contributed by atoms with van der Waals surface area (Å²) in [6.07, 6.45) is 7.05. The minimum Gasteiger partial charge on any atom is -0.356 e. The number of carbonyl (C=O) groups excluding carboxylic acids is 2. The van der Waals surface area contributed by atoms with Crippen molar-refractivity contribution in [3.63, 3.8) is 0 Å². The Morgan fingerprint density at radius 1 is 1.33 bits per heavy atom. The Labute approximate surface area is 156 Å². The smallest absolute Gasteiger partial charge is 0.225 e. The third kappa shape index (κ3) is 4.48. The maximum Gasteiger partial charge on any atom is 0.225 e. The van der Waals surface area contributed by atoms with E-state index in [1.807, 2.05) is 0 Å². The summed E-state index contributed by atoms with van der Waals surface area (Å²) in [5.41, 5.74) is -0.640. The zero-order valence-electron chi connectivity index (χ0n) is 14.8. The van der Waals surface area contributed by atoms with Gasteiger partial charge in [-0.15, -0.1) is 12.3 Å². The van der Waals surface area contributed by atoms with Gasteiger partial charge in [-0.1, -0.05) is 6.07 Å². The monoisotopic (exact) mass is 374 g/mol. The molecule has 142 valence electrons. The highest BCUT2D eigenvalue weighted by atomic mass is 19.1. The molecule has 2 aliphatic heterocycles. The van der Waals surface area contributed by atoms with E-state index in [1.54, 1.807) is 0 Å². The third-order valence-electron chi connectivity index (χ3n) is 4.87. The molecule has 1 aromatic rings. The van der Waals surface area contributed by atoms with E-state index in [-0.39, 0.29) is 36.9 Å². The molecule has 27 heavy (non-hydrogen) atoms. The summed E-state index contributed by atoms with van der Waals surface area (Å²) in [5.74, 6) is 0.0415. The molecule has 1 N–H and O–H groups in total. The molecule has 0 bridgehead atoms. The lowest BCUT2D eigenvalue weighted by Gasteiger charge is -2.17. The van der Waals surface area contributed by atoms with E-state index in [0.717, 1.165) is 12.1 Å². The quantitative estimate of drug-likeness (QED) is 0.710. The maximum absolute atomic E-state index is 13.8. The summed E-state index contributed by atoms with van der Waals surface area (Å²) in [7, 11) is 0. The number of halogens is 2. The molecular formula is C19H20F2N4O2. The Bertz CT molecular complexity index is 792. The summed E-state index contributed by atoms with van der Waals surface area (Å²) >= 11 is 0. The molecule has 1 unspecified atom stereocenters. The van der Waals surface area contributed by atoms with Crippen LogP contribution in [0.25, 0.3) is 0 Å². The molecule has 3 rings (SSSR count). The van der Waals surface area contributed by atoms with Crippen molar-refractivity contribution in [1.82, 2.24) is 10.2 Å². The molecule has 1 atom stereocenters. The lowest BCUT2D eigenvalue weighted by Crippen LogP contribution is -2.35. The van der Waals surface area contributed by atoms with Crippen molar-refractivity contribution in [2.45, 2.75) is 37.9 Å². The minimum absolute atomic E-state index is 0.0267. The zero-order chi connectivity index (χ0) is 19.4. The normalized spacial score (nSPS) is 19.8. The molecule has 2 amide bonds. The zero-order valence-corrected chi connectivity index (χ0v) is 14.8. The highest BCUT2D eigenvalue weighted by Gasteiger charge is 2.39. The van der Waals surface area contributed by atoms with Gasteiger partial charge in [0, 0.05) is 44.3 Å². The van der Waals surface area contributed by atoms with Crippen LogP contribution < -0.4 is 5.32 Å². The first-order valence-electron chi connectivity index (χ1n) is 8.80. The first-order valence-corrected chi connectivity index (χ1v) is 8.80. The van der Waals surface area contributed by atoms with Crippen molar-refractivity contribution in [3.8, 4) is 12.3 Å². The Hall–Kier alpha value is -2.82. The average Bonchev–Trinajstić information content (AvgIpc) is 3.31. The molecular weight excluding hydrogens is 354 g/mol. The number of nitrogens with one attached hydrogen (secondary N) is 1. The molecule has 8 heteroatoms. The van der Waals surface area contributed by atoms with Crippen molar-refractivity contribution in [2.75, 3.05) is 13.1 Å². The van der Waals surface area contributed by atoms with Crippen LogP contribution in [0.5, 0.6) is 0 Å². The second-order valence-electron chi connectivity index (χ2n) is 6.80. The molecule has 0 radical (unpaired) electrons. The van der Waals surface area contributed by atoms with E-state index >= 15 is 0 Å². The van der Waals surface area contributed by atoms with Gasteiger partial charge in [0.15, 0.2) is 5.66 Å². The number of hydrogen-bond donors (Lipinski definition) is 1. The predicted octanol–water partition coefficient (Wildman–Crippen LogP) is 2.40. The highest BCUT2D eigenvalue weighted by Crippen LogP contribution is 2.36. The lowest BCUT2D eigenvalue weighted by atomic mass is 10.0. The van der Waals surface area contributed by atoms with Crippen molar-refractivity contribution in [2.24, 2.45) is 16.1 Å². The number of hydrogen-bond acceptors (Lipinski definition) is 4. The first-order chi connectivity index (χ1) is 12.9. The van der Waals surface area contributed by atoms with Crippen LogP contribution in [0.4, 0.5) is 8.78 Å². The molecule has 1 saturated heterocycles. The second-order valence-corrected chi connectivity index (χ2v) is 6.80. The summed E-state index contributed by atoms with van der Waals surface area (Å²) < 4.78 is 27.5. The molecule has 1 fully saturated rings. The Balaban J connectivity index is 1.48. The van der Waals surface area contributed by atoms with E-state index < -0.39 is 23.2 Å². The van der Waals surface area contributed by atoms with Gasteiger partial charge >= 0.3 is 0 Å². The van der Waals surface area contributed by atoms with Crippen molar-refractivity contribution < 1.29 is 18.4 Å². The maximum atomic E-state index is 13.8. The fourth-order valence-corrected chi connectivity index (χ4v) is 3.17. The van der Waals surface area contributed by atoms with Gasteiger partial charge in [0.1, 0.15) is 11.6 Å². The second kappa shape index (κ2) is 7.82. The molecule has 0 aromatic heterocycles. The predicted molar refractivity (Wildman–Crippen MR) is 93.2 cm³/mol. The summed E-state index contributed by atoms with van der Waals surface area (Å²) in [6, 6.07) is 3.56. The SMILES string of the molecule is C#CCCC1(CCNC(=O)C2CC(=O)N(Cc3c(F)cccc3F)C2)N=N1. The van der Waals surface area contributed by atoms with Crippen LogP contribution in [0.15, 0.2) is 28.4 Å². The highest BCUT2D eigenvalue weighted by molar-refractivity contribution is 5.89. The summed E-state index contributed by atoms with van der Waals surface area (Å²) in [4.78, 5) is 25.8. The van der Waals surface area contributed by atoms with E-state index in [2.05, 4.69) is 21.5 Å². The van der Waals surface area contributed by atoms with E-state index in [4.69, 9.17) is 6.42 Å². The van der Waals surface area contributed by atoms with Gasteiger partial charge in [0.2, 0.25) is 11.8 Å². The number of amides is 2. The van der Waals surface area contributed by atoms with Crippen LogP contribution in [0.3, 0.4) is 0 Å². The van der Waals surface area contributed by atoms with Gasteiger partial charge in [0.05, 0.1) is 12.5 Å². The number of carbonyl (C=O) groups is 2. The van der Waals surface area contributed by atoms with Crippen LogP contribution in [-0.4, -0.2) is 35.5 Å². The number of nitrogens with zero attached hydrogens (tertiary/aromatic N) is 3. The first kappa shape index (κ1) is 19.0. The van der Waals surface area contributed by atoms with Crippen LogP contribution in [-0.2, 0) is 16.1 Å². The van der Waals surface area contributed by atoms with E-state index in [1.165, 1.54) is 11.0 Å². The summed E-state index contributed by atoms with van der Waals surface area (Å²) in [6.45, 7) is 0.326. The lowest BCUT2D eigenvalue weighted by molar-refractivity contribution is -0.129. The van der Waals surface area contributed by atoms with Gasteiger partial charge in [-0.3, -0.25) is 9.59 Å². The van der Waals surface area contributed by atoms with Gasteiger partial charge in [-0.2, -0.15) is 10.2 Å². The van der Waals surface area contributed by atoms with Crippen molar-refractivity contribution in [1.29, 1.82) is 0 Å². The Kier molecular flexibility index (Phi) is 5.49. The minimum atomic E-state index is -0.704. The molecule has 0 aliphatic carbocycles. The molecule has 6 nitrogen and oxygen atoms in total. The largest absolute Gasteiger partial charge is 0.356 e. The van der Waals surface area contributed by atoms with E-state index in [9.17, 15) is 18.4 Å². The van der Waals surface area contributed by atoms with Gasteiger partial charge in [-0.25, -0.2) is 8.78 Å². The van der Waals surface area contributed by atoms with Gasteiger partial charge in [0.25, 0.3) is 0 Å². The number of rotatable bonds is 8. The Morgan fingerprint density at radius 2 is 2.04 bits per heavy atom. The Morgan fingerprint density at radius 3 is 2.67 bits per heavy atom. The van der Waals surface area contributed by atoms with Gasteiger partial charge < -0.3 is 10.2 Å². The number of benzene rings is 1. The molecule has 0 saturated carbocycles. The molecule has 0 spiro atoms. The fourth-order valence-electron chi connectivity index (χ4n) is 3.17. The van der Waals surface area contributed by atoms with E-state index in [0.29, 0.717) is 25.8 Å². The van der Waals surface area contributed by atoms with Crippen LogP contribution in [0.1, 0.15) is 31.2 Å². The number of likely N-dealkylation sites (tertiary alicyclic amines) is 1. The third-order valence-corrected chi connectivity index (χ3v) is 4.87. The van der Waals surface area contributed by atoms with Crippen molar-refractivity contribution in [3.05, 3.63) is 35.4 Å². The van der Waals surface area contributed by atoms with Crippen LogP contribution in [0.2, 0.25) is 0 Å². The molecule has 2 aliphatic rings. The van der Waals surface area contributed by atoms with Crippen LogP contribution >= 0.6 is 0 Å². The molecule has 1 aromatic carbocycles. The van der Waals surface area contributed by atoms with Gasteiger partial charge in [-0.05, 0) is 12.1 Å². The topological polar surface area (TPSA) is 74.1 Å². The summed E-state index contributed by atoms with van der Waals surface area (Å²) in [5, 5.41) is 10.8. The van der Waals surface area contributed by atoms with Crippen molar-refractivity contribution >= 4 is 11.8 Å². The molecule has 2 heterocycles.